The van der Waals surface area contributed by atoms with E-state index in [1.54, 1.807) is 48.5 Å². The van der Waals surface area contributed by atoms with E-state index < -0.39 is 0 Å². The smallest absolute Gasteiger partial charge is 0.187 e. The number of nitriles is 1. The van der Waals surface area contributed by atoms with Gasteiger partial charge in [-0.05, 0) is 84.9 Å². The Kier molecular flexibility index (Phi) is 7.43. The van der Waals surface area contributed by atoms with E-state index in [0.717, 1.165) is 43.2 Å². The van der Waals surface area contributed by atoms with Crippen molar-refractivity contribution in [3.63, 3.8) is 0 Å². The normalized spacial score (nSPS) is 13.5. The minimum absolute atomic E-state index is 0.591. The first kappa shape index (κ1) is 24.4. The number of benzene rings is 4. The van der Waals surface area contributed by atoms with Crippen LogP contribution in [0.1, 0.15) is 5.56 Å². The van der Waals surface area contributed by atoms with Crippen molar-refractivity contribution in [2.45, 2.75) is 0 Å². The van der Waals surface area contributed by atoms with E-state index in [1.807, 2.05) is 24.3 Å². The molecule has 4 aromatic carbocycles. The second kappa shape index (κ2) is 11.6. The molecule has 1 fully saturated rings. The van der Waals surface area contributed by atoms with Crippen molar-refractivity contribution in [1.29, 1.82) is 5.26 Å². The Balaban J connectivity index is 1.13. The first-order chi connectivity index (χ1) is 18.7. The first-order valence-electron chi connectivity index (χ1n) is 12.2. The third-order valence-corrected chi connectivity index (χ3v) is 6.25. The quantitative estimate of drug-likeness (QED) is 0.199. The molecule has 0 amide bonds. The van der Waals surface area contributed by atoms with E-state index >= 15 is 0 Å². The summed E-state index contributed by atoms with van der Waals surface area (Å²) in [6.45, 7) is 10.7. The predicted octanol–water partition coefficient (Wildman–Crippen LogP) is 8.27. The fourth-order valence-corrected chi connectivity index (χ4v) is 4.11. The van der Waals surface area contributed by atoms with Crippen LogP contribution in [-0.2, 0) is 0 Å². The summed E-state index contributed by atoms with van der Waals surface area (Å²) in [5.41, 5.74) is 6.55. The number of hydrogen-bond donors (Lipinski definition) is 0. The monoisotopic (exact) mass is 496 g/mol. The maximum atomic E-state index is 8.89. The summed E-state index contributed by atoms with van der Waals surface area (Å²) in [6, 6.07) is 32.4. The molecule has 0 spiro atoms. The Labute approximate surface area is 221 Å². The van der Waals surface area contributed by atoms with Gasteiger partial charge in [0.05, 0.1) is 41.0 Å². The van der Waals surface area contributed by atoms with Crippen molar-refractivity contribution >= 4 is 39.8 Å². The third kappa shape index (κ3) is 6.07. The molecule has 38 heavy (non-hydrogen) atoms. The predicted molar refractivity (Wildman–Crippen MR) is 150 cm³/mol. The number of anilines is 2. The summed E-state index contributed by atoms with van der Waals surface area (Å²) in [5, 5.41) is 26.0. The average molecular weight is 497 g/mol. The first-order valence-corrected chi connectivity index (χ1v) is 12.2. The molecule has 0 atom stereocenters. The molecule has 0 bridgehead atoms. The Morgan fingerprint density at radius 2 is 0.895 bits per heavy atom. The van der Waals surface area contributed by atoms with Crippen molar-refractivity contribution in [3.8, 4) is 6.07 Å². The highest BCUT2D eigenvalue weighted by atomic mass is 15.3. The molecule has 0 radical (unpaired) electrons. The topological polar surface area (TPSA) is 84.1 Å². The van der Waals surface area contributed by atoms with Crippen LogP contribution in [0.5, 0.6) is 0 Å². The molecule has 0 unspecified atom stereocenters. The second-order valence-corrected chi connectivity index (χ2v) is 8.69. The maximum Gasteiger partial charge on any atom is 0.187 e. The zero-order chi connectivity index (χ0) is 26.2. The molecular formula is C30H24N8. The SMILES string of the molecule is [C-]#[N+]c1ccc(N=Nc2ccc(N3CCN(c4ccc(N=Nc5ccc(C#N)cc5)cc4)CC3)cc2)cc1. The van der Waals surface area contributed by atoms with Gasteiger partial charge in [0.15, 0.2) is 5.69 Å². The van der Waals surface area contributed by atoms with Gasteiger partial charge in [0.1, 0.15) is 0 Å². The van der Waals surface area contributed by atoms with Crippen LogP contribution in [0.2, 0.25) is 0 Å². The highest BCUT2D eigenvalue weighted by Crippen LogP contribution is 2.27. The van der Waals surface area contributed by atoms with Gasteiger partial charge in [-0.15, -0.1) is 0 Å². The fourth-order valence-electron chi connectivity index (χ4n) is 4.11. The highest BCUT2D eigenvalue weighted by Gasteiger charge is 2.17. The Bertz CT molecular complexity index is 1380. The second-order valence-electron chi connectivity index (χ2n) is 8.69. The van der Waals surface area contributed by atoms with E-state index in [2.05, 4.69) is 65.4 Å². The standard InChI is InChI=1S/C30H24N8/c1-32-24-6-8-26(9-7-24)34-36-28-12-16-30(17-13-28)38-20-18-37(19-21-38)29-14-10-27(11-15-29)35-33-25-4-2-23(22-31)3-5-25/h2-17H,18-21H2. The lowest BCUT2D eigenvalue weighted by Gasteiger charge is -2.37. The van der Waals surface area contributed by atoms with E-state index in [0.29, 0.717) is 16.9 Å². The Morgan fingerprint density at radius 1 is 0.553 bits per heavy atom. The minimum atomic E-state index is 0.591. The van der Waals surface area contributed by atoms with Crippen LogP contribution in [0.25, 0.3) is 4.85 Å². The van der Waals surface area contributed by atoms with Crippen LogP contribution in [0.15, 0.2) is 118 Å². The van der Waals surface area contributed by atoms with E-state index in [-0.39, 0.29) is 0 Å². The number of nitrogens with zero attached hydrogens (tertiary/aromatic N) is 8. The molecule has 8 heteroatoms. The zero-order valence-corrected chi connectivity index (χ0v) is 20.6. The van der Waals surface area contributed by atoms with Crippen LogP contribution in [0.3, 0.4) is 0 Å². The maximum absolute atomic E-state index is 8.89. The van der Waals surface area contributed by atoms with Gasteiger partial charge in [-0.1, -0.05) is 12.1 Å². The van der Waals surface area contributed by atoms with Crippen molar-refractivity contribution in [3.05, 3.63) is 114 Å². The molecule has 0 aromatic heterocycles. The van der Waals surface area contributed by atoms with Crippen LogP contribution < -0.4 is 9.80 Å². The summed E-state index contributed by atoms with van der Waals surface area (Å²) in [5.74, 6) is 0. The van der Waals surface area contributed by atoms with Crippen molar-refractivity contribution in [1.82, 2.24) is 0 Å². The summed E-state index contributed by atoms with van der Waals surface area (Å²) in [6.07, 6.45) is 0. The lowest BCUT2D eigenvalue weighted by molar-refractivity contribution is 0.653. The fraction of sp³-hybridized carbons (Fsp3) is 0.133. The molecule has 8 nitrogen and oxygen atoms in total. The molecule has 4 aromatic rings. The van der Waals surface area contributed by atoms with Crippen molar-refractivity contribution in [2.75, 3.05) is 36.0 Å². The molecule has 1 aliphatic heterocycles. The van der Waals surface area contributed by atoms with Crippen LogP contribution >= 0.6 is 0 Å². The van der Waals surface area contributed by atoms with Crippen LogP contribution in [0.4, 0.5) is 39.8 Å². The summed E-state index contributed by atoms with van der Waals surface area (Å²) in [4.78, 5) is 8.14. The zero-order valence-electron chi connectivity index (χ0n) is 20.6. The van der Waals surface area contributed by atoms with Gasteiger partial charge in [-0.3, -0.25) is 0 Å². The lowest BCUT2D eigenvalue weighted by Crippen LogP contribution is -2.46. The van der Waals surface area contributed by atoms with E-state index in [9.17, 15) is 0 Å². The molecule has 0 saturated carbocycles. The minimum Gasteiger partial charge on any atom is -0.368 e. The lowest BCUT2D eigenvalue weighted by atomic mass is 10.2. The summed E-state index contributed by atoms with van der Waals surface area (Å²) in [7, 11) is 0. The average Bonchev–Trinajstić information content (AvgIpc) is 3.00. The van der Waals surface area contributed by atoms with Gasteiger partial charge in [0, 0.05) is 37.6 Å². The summed E-state index contributed by atoms with van der Waals surface area (Å²) >= 11 is 0. The highest BCUT2D eigenvalue weighted by molar-refractivity contribution is 5.57. The molecule has 1 saturated heterocycles. The van der Waals surface area contributed by atoms with E-state index in [1.165, 1.54) is 11.4 Å². The van der Waals surface area contributed by atoms with Gasteiger partial charge < -0.3 is 9.80 Å². The van der Waals surface area contributed by atoms with Crippen molar-refractivity contribution in [2.24, 2.45) is 20.5 Å². The van der Waals surface area contributed by atoms with Crippen molar-refractivity contribution < 1.29 is 0 Å². The molecular weight excluding hydrogens is 472 g/mol. The van der Waals surface area contributed by atoms with Gasteiger partial charge >= 0.3 is 0 Å². The number of piperazine rings is 1. The van der Waals surface area contributed by atoms with Crippen LogP contribution in [0, 0.1) is 17.9 Å². The number of hydrogen-bond acceptors (Lipinski definition) is 7. The molecule has 0 N–H and O–H groups in total. The number of azo groups is 2. The van der Waals surface area contributed by atoms with Gasteiger partial charge in [-0.25, -0.2) is 4.85 Å². The Morgan fingerprint density at radius 3 is 1.24 bits per heavy atom. The molecule has 0 aliphatic carbocycles. The van der Waals surface area contributed by atoms with Crippen LogP contribution in [-0.4, -0.2) is 26.2 Å². The molecule has 5 rings (SSSR count). The van der Waals surface area contributed by atoms with E-state index in [4.69, 9.17) is 11.8 Å². The molecule has 1 aliphatic rings. The Hall–Kier alpha value is -5.34. The van der Waals surface area contributed by atoms with Gasteiger partial charge in [-0.2, -0.15) is 25.7 Å². The molecule has 1 heterocycles. The van der Waals surface area contributed by atoms with Gasteiger partial charge in [0.2, 0.25) is 0 Å². The number of rotatable bonds is 6. The van der Waals surface area contributed by atoms with Gasteiger partial charge in [0.25, 0.3) is 0 Å². The molecule has 184 valence electrons. The third-order valence-electron chi connectivity index (χ3n) is 6.25. The summed E-state index contributed by atoms with van der Waals surface area (Å²) < 4.78 is 0. The largest absolute Gasteiger partial charge is 0.368 e.